The van der Waals surface area contributed by atoms with Gasteiger partial charge >= 0.3 is 5.97 Å². The molecule has 2 aromatic rings. The number of methoxy groups -OCH3 is 1. The van der Waals surface area contributed by atoms with Crippen molar-refractivity contribution in [3.05, 3.63) is 59.7 Å². The van der Waals surface area contributed by atoms with Crippen molar-refractivity contribution < 1.29 is 24.9 Å². The first kappa shape index (κ1) is 14.9. The minimum Gasteiger partial charge on any atom is -0.504 e. The van der Waals surface area contributed by atoms with Crippen LogP contribution >= 0.6 is 0 Å². The van der Waals surface area contributed by atoms with E-state index in [1.54, 1.807) is 36.4 Å². The van der Waals surface area contributed by atoms with Gasteiger partial charge in [0.15, 0.2) is 17.1 Å². The second kappa shape index (κ2) is 5.85. The number of carbonyl (C=O) groups is 1. The van der Waals surface area contributed by atoms with Gasteiger partial charge in [0, 0.05) is 6.42 Å². The molecule has 2 aromatic carbocycles. The molecule has 21 heavy (non-hydrogen) atoms. The summed E-state index contributed by atoms with van der Waals surface area (Å²) in [6, 6.07) is 12.7. The Kier molecular flexibility index (Phi) is 4.14. The van der Waals surface area contributed by atoms with Gasteiger partial charge in [-0.1, -0.05) is 36.4 Å². The van der Waals surface area contributed by atoms with Gasteiger partial charge in [0.2, 0.25) is 0 Å². The second-order valence-electron chi connectivity index (χ2n) is 4.71. The molecule has 0 aromatic heterocycles. The molecule has 3 N–H and O–H groups in total. The predicted molar refractivity (Wildman–Crippen MR) is 76.3 cm³/mol. The number of benzene rings is 2. The van der Waals surface area contributed by atoms with E-state index in [2.05, 4.69) is 0 Å². The van der Waals surface area contributed by atoms with E-state index >= 15 is 0 Å². The summed E-state index contributed by atoms with van der Waals surface area (Å²) in [5, 5.41) is 29.6. The van der Waals surface area contributed by atoms with Gasteiger partial charge in [0.1, 0.15) is 0 Å². The van der Waals surface area contributed by atoms with Crippen LogP contribution in [0.2, 0.25) is 0 Å². The fourth-order valence-electron chi connectivity index (χ4n) is 2.16. The lowest BCUT2D eigenvalue weighted by molar-refractivity contribution is -0.159. The second-order valence-corrected chi connectivity index (χ2v) is 4.71. The van der Waals surface area contributed by atoms with Gasteiger partial charge in [-0.3, -0.25) is 0 Å². The molecule has 5 nitrogen and oxygen atoms in total. The van der Waals surface area contributed by atoms with E-state index in [0.717, 1.165) is 0 Å². The SMILES string of the molecule is COc1ccc(CC(O)(C(=O)O)c2ccccc2)cc1O. The van der Waals surface area contributed by atoms with Crippen molar-refractivity contribution in [2.75, 3.05) is 7.11 Å². The Bertz CT molecular complexity index is 638. The zero-order valence-corrected chi connectivity index (χ0v) is 11.5. The summed E-state index contributed by atoms with van der Waals surface area (Å²) < 4.78 is 4.93. The van der Waals surface area contributed by atoms with Crippen LogP contribution < -0.4 is 4.74 Å². The third-order valence-electron chi connectivity index (χ3n) is 3.31. The molecule has 5 heteroatoms. The Morgan fingerprint density at radius 1 is 1.19 bits per heavy atom. The van der Waals surface area contributed by atoms with E-state index in [0.29, 0.717) is 5.56 Å². The topological polar surface area (TPSA) is 87.0 Å². The van der Waals surface area contributed by atoms with Gasteiger partial charge in [-0.2, -0.15) is 0 Å². The highest BCUT2D eigenvalue weighted by Crippen LogP contribution is 2.31. The Morgan fingerprint density at radius 2 is 1.86 bits per heavy atom. The highest BCUT2D eigenvalue weighted by Gasteiger charge is 2.38. The number of carboxylic acid groups (broad SMARTS) is 1. The van der Waals surface area contributed by atoms with E-state index in [1.165, 1.54) is 19.2 Å². The lowest BCUT2D eigenvalue weighted by Gasteiger charge is -2.24. The number of aliphatic hydroxyl groups is 1. The summed E-state index contributed by atoms with van der Waals surface area (Å²) in [7, 11) is 1.42. The molecule has 0 amide bonds. The highest BCUT2D eigenvalue weighted by molar-refractivity contribution is 5.79. The van der Waals surface area contributed by atoms with Crippen molar-refractivity contribution in [3.8, 4) is 11.5 Å². The average Bonchev–Trinajstić information content (AvgIpc) is 2.48. The van der Waals surface area contributed by atoms with Crippen molar-refractivity contribution in [1.82, 2.24) is 0 Å². The number of rotatable bonds is 5. The smallest absolute Gasteiger partial charge is 0.340 e. The van der Waals surface area contributed by atoms with Crippen LogP contribution in [-0.2, 0) is 16.8 Å². The zero-order valence-electron chi connectivity index (χ0n) is 11.5. The Balaban J connectivity index is 2.37. The Hall–Kier alpha value is -2.53. The van der Waals surface area contributed by atoms with Crippen LogP contribution in [0.25, 0.3) is 0 Å². The van der Waals surface area contributed by atoms with E-state index in [-0.39, 0.29) is 23.5 Å². The molecule has 110 valence electrons. The summed E-state index contributed by atoms with van der Waals surface area (Å²) >= 11 is 0. The van der Waals surface area contributed by atoms with Gasteiger partial charge in [-0.25, -0.2) is 4.79 Å². The molecule has 0 saturated heterocycles. The van der Waals surface area contributed by atoms with Crippen LogP contribution in [0.3, 0.4) is 0 Å². The Morgan fingerprint density at radius 3 is 2.38 bits per heavy atom. The van der Waals surface area contributed by atoms with Crippen molar-refractivity contribution in [2.24, 2.45) is 0 Å². The molecule has 0 aliphatic carbocycles. The van der Waals surface area contributed by atoms with Crippen LogP contribution in [0.1, 0.15) is 11.1 Å². The molecule has 0 fully saturated rings. The van der Waals surface area contributed by atoms with E-state index < -0.39 is 11.6 Å². The maximum atomic E-state index is 11.5. The summed E-state index contributed by atoms with van der Waals surface area (Å²) in [6.45, 7) is 0. The fraction of sp³-hybridized carbons (Fsp3) is 0.188. The summed E-state index contributed by atoms with van der Waals surface area (Å²) in [5.74, 6) is -1.16. The third kappa shape index (κ3) is 2.98. The van der Waals surface area contributed by atoms with Gasteiger partial charge in [0.25, 0.3) is 0 Å². The molecule has 0 bridgehead atoms. The minimum atomic E-state index is -2.05. The van der Waals surface area contributed by atoms with Crippen LogP contribution in [0.15, 0.2) is 48.5 Å². The summed E-state index contributed by atoms with van der Waals surface area (Å²) in [6.07, 6.45) is -0.163. The molecule has 1 unspecified atom stereocenters. The van der Waals surface area contributed by atoms with Crippen molar-refractivity contribution in [1.29, 1.82) is 0 Å². The molecule has 0 radical (unpaired) electrons. The van der Waals surface area contributed by atoms with Crippen LogP contribution in [-0.4, -0.2) is 28.4 Å². The monoisotopic (exact) mass is 288 g/mol. The molecule has 1 atom stereocenters. The normalized spacial score (nSPS) is 13.4. The van der Waals surface area contributed by atoms with Gasteiger partial charge in [-0.05, 0) is 23.3 Å². The van der Waals surface area contributed by atoms with Crippen molar-refractivity contribution in [2.45, 2.75) is 12.0 Å². The van der Waals surface area contributed by atoms with Crippen LogP contribution in [0.5, 0.6) is 11.5 Å². The molecular formula is C16H16O5. The van der Waals surface area contributed by atoms with E-state index in [4.69, 9.17) is 4.74 Å². The molecular weight excluding hydrogens is 272 g/mol. The number of aromatic hydroxyl groups is 1. The number of phenolic OH excluding ortho intramolecular Hbond substituents is 1. The van der Waals surface area contributed by atoms with Crippen LogP contribution in [0.4, 0.5) is 0 Å². The largest absolute Gasteiger partial charge is 0.504 e. The first-order valence-corrected chi connectivity index (χ1v) is 6.34. The number of ether oxygens (including phenoxy) is 1. The highest BCUT2D eigenvalue weighted by atomic mass is 16.5. The maximum absolute atomic E-state index is 11.5. The quantitative estimate of drug-likeness (QED) is 0.782. The predicted octanol–water partition coefficient (Wildman–Crippen LogP) is 1.92. The molecule has 0 aliphatic rings. The summed E-state index contributed by atoms with van der Waals surface area (Å²) in [4.78, 5) is 11.5. The third-order valence-corrected chi connectivity index (χ3v) is 3.31. The Labute approximate surface area is 122 Å². The van der Waals surface area contributed by atoms with E-state index in [9.17, 15) is 20.1 Å². The molecule has 0 aliphatic heterocycles. The first-order chi connectivity index (χ1) is 9.97. The van der Waals surface area contributed by atoms with Gasteiger partial charge < -0.3 is 20.1 Å². The zero-order chi connectivity index (χ0) is 15.5. The lowest BCUT2D eigenvalue weighted by atomic mass is 9.87. The fourth-order valence-corrected chi connectivity index (χ4v) is 2.16. The first-order valence-electron chi connectivity index (χ1n) is 6.34. The number of hydrogen-bond donors (Lipinski definition) is 3. The standard InChI is InChI=1S/C16H16O5/c1-21-14-8-7-11(9-13(14)17)10-16(20,15(18)19)12-5-3-2-4-6-12/h2-9,17,20H,10H2,1H3,(H,18,19). The molecule has 0 saturated carbocycles. The number of phenols is 1. The van der Waals surface area contributed by atoms with Gasteiger partial charge in [-0.15, -0.1) is 0 Å². The lowest BCUT2D eigenvalue weighted by Crippen LogP contribution is -2.37. The van der Waals surface area contributed by atoms with Gasteiger partial charge in [0.05, 0.1) is 7.11 Å². The van der Waals surface area contributed by atoms with Crippen molar-refractivity contribution in [3.63, 3.8) is 0 Å². The number of aliphatic carboxylic acids is 1. The molecule has 2 rings (SSSR count). The van der Waals surface area contributed by atoms with E-state index in [1.807, 2.05) is 0 Å². The number of carboxylic acids is 1. The van der Waals surface area contributed by atoms with Crippen molar-refractivity contribution >= 4 is 5.97 Å². The maximum Gasteiger partial charge on any atom is 0.340 e. The molecule has 0 spiro atoms. The summed E-state index contributed by atoms with van der Waals surface area (Å²) in [5.41, 5.74) is -1.28. The minimum absolute atomic E-state index is 0.101. The average molecular weight is 288 g/mol. The number of hydrogen-bond acceptors (Lipinski definition) is 4. The van der Waals surface area contributed by atoms with Crippen LogP contribution in [0, 0.1) is 0 Å². The molecule has 0 heterocycles.